The molecule has 0 spiro atoms. The van der Waals surface area contributed by atoms with Crippen LogP contribution in [0.4, 0.5) is 5.95 Å². The second kappa shape index (κ2) is 4.14. The fourth-order valence-corrected chi connectivity index (χ4v) is 1.80. The summed E-state index contributed by atoms with van der Waals surface area (Å²) >= 11 is 0. The van der Waals surface area contributed by atoms with Gasteiger partial charge in [0.1, 0.15) is 0 Å². The lowest BCUT2D eigenvalue weighted by atomic mass is 10.3. The van der Waals surface area contributed by atoms with Crippen LogP contribution in [0.1, 0.15) is 31.2 Å². The van der Waals surface area contributed by atoms with Gasteiger partial charge >= 0.3 is 0 Å². The number of hydrogen-bond acceptors (Lipinski definition) is 4. The minimum Gasteiger partial charge on any atom is -0.338 e. The van der Waals surface area contributed by atoms with Gasteiger partial charge < -0.3 is 10.6 Å². The predicted octanol–water partition coefficient (Wildman–Crippen LogP) is 1.23. The molecule has 2 N–H and O–H groups in total. The summed E-state index contributed by atoms with van der Waals surface area (Å²) in [5.41, 5.74) is 7.54. The molecule has 0 saturated heterocycles. The Bertz CT molecular complexity index is 346. The molecule has 15 heavy (non-hydrogen) atoms. The van der Waals surface area contributed by atoms with E-state index in [0.29, 0.717) is 12.6 Å². The fourth-order valence-electron chi connectivity index (χ4n) is 1.80. The Hall–Kier alpha value is -1.16. The molecule has 4 nitrogen and oxygen atoms in total. The van der Waals surface area contributed by atoms with Crippen molar-refractivity contribution in [3.8, 4) is 0 Å². The molecule has 1 heterocycles. The SMILES string of the molecule is CCN(c1nc(C)cc(CN)n1)C1CC1. The van der Waals surface area contributed by atoms with Gasteiger partial charge in [-0.1, -0.05) is 0 Å². The van der Waals surface area contributed by atoms with Crippen LogP contribution >= 0.6 is 0 Å². The van der Waals surface area contributed by atoms with E-state index in [-0.39, 0.29) is 0 Å². The zero-order valence-electron chi connectivity index (χ0n) is 9.40. The van der Waals surface area contributed by atoms with Crippen molar-refractivity contribution >= 4 is 5.95 Å². The van der Waals surface area contributed by atoms with Crippen molar-refractivity contribution < 1.29 is 0 Å². The lowest BCUT2D eigenvalue weighted by molar-refractivity contribution is 0.772. The molecule has 1 saturated carbocycles. The standard InChI is InChI=1S/C11H18N4/c1-3-15(10-4-5-10)11-13-8(2)6-9(7-12)14-11/h6,10H,3-5,7,12H2,1-2H3. The number of aromatic nitrogens is 2. The summed E-state index contributed by atoms with van der Waals surface area (Å²) in [5, 5.41) is 0. The van der Waals surface area contributed by atoms with Crippen LogP contribution < -0.4 is 10.6 Å². The first-order valence-electron chi connectivity index (χ1n) is 5.56. The first-order chi connectivity index (χ1) is 7.24. The van der Waals surface area contributed by atoms with Gasteiger partial charge in [0.25, 0.3) is 0 Å². The van der Waals surface area contributed by atoms with E-state index in [2.05, 4.69) is 21.8 Å². The molecule has 1 aliphatic rings. The van der Waals surface area contributed by atoms with Crippen LogP contribution in [-0.2, 0) is 6.54 Å². The summed E-state index contributed by atoms with van der Waals surface area (Å²) in [7, 11) is 0. The summed E-state index contributed by atoms with van der Waals surface area (Å²) in [6.07, 6.45) is 2.53. The number of nitrogens with two attached hydrogens (primary N) is 1. The highest BCUT2D eigenvalue weighted by atomic mass is 15.3. The van der Waals surface area contributed by atoms with Crippen LogP contribution in [0.25, 0.3) is 0 Å². The molecule has 0 atom stereocenters. The highest BCUT2D eigenvalue weighted by molar-refractivity contribution is 5.35. The quantitative estimate of drug-likeness (QED) is 0.805. The van der Waals surface area contributed by atoms with Crippen molar-refractivity contribution in [1.82, 2.24) is 9.97 Å². The topological polar surface area (TPSA) is 55.0 Å². The minimum absolute atomic E-state index is 0.485. The van der Waals surface area contributed by atoms with Crippen molar-refractivity contribution in [3.63, 3.8) is 0 Å². The summed E-state index contributed by atoms with van der Waals surface area (Å²) < 4.78 is 0. The van der Waals surface area contributed by atoms with Gasteiger partial charge in [0, 0.05) is 24.8 Å². The summed E-state index contributed by atoms with van der Waals surface area (Å²) in [6.45, 7) is 5.59. The van der Waals surface area contributed by atoms with E-state index in [1.54, 1.807) is 0 Å². The lowest BCUT2D eigenvalue weighted by Gasteiger charge is -2.20. The summed E-state index contributed by atoms with van der Waals surface area (Å²) in [4.78, 5) is 11.2. The summed E-state index contributed by atoms with van der Waals surface area (Å²) in [5.74, 6) is 0.848. The number of anilines is 1. The number of aryl methyl sites for hydroxylation is 1. The molecule has 1 aromatic heterocycles. The highest BCUT2D eigenvalue weighted by Crippen LogP contribution is 2.29. The van der Waals surface area contributed by atoms with Gasteiger partial charge in [0.15, 0.2) is 0 Å². The Balaban J connectivity index is 2.28. The van der Waals surface area contributed by atoms with Crippen LogP contribution in [-0.4, -0.2) is 22.6 Å². The molecule has 2 rings (SSSR count). The molecular weight excluding hydrogens is 188 g/mol. The zero-order chi connectivity index (χ0) is 10.8. The molecule has 82 valence electrons. The van der Waals surface area contributed by atoms with E-state index in [4.69, 9.17) is 5.73 Å². The monoisotopic (exact) mass is 206 g/mol. The molecular formula is C11H18N4. The Kier molecular flexibility index (Phi) is 2.86. The molecule has 0 aliphatic heterocycles. The molecule has 4 heteroatoms. The fraction of sp³-hybridized carbons (Fsp3) is 0.636. The molecule has 0 amide bonds. The minimum atomic E-state index is 0.485. The average molecular weight is 206 g/mol. The van der Waals surface area contributed by atoms with Crippen molar-refractivity contribution in [1.29, 1.82) is 0 Å². The summed E-state index contributed by atoms with van der Waals surface area (Å²) in [6, 6.07) is 2.60. The third-order valence-electron chi connectivity index (χ3n) is 2.69. The van der Waals surface area contributed by atoms with Crippen LogP contribution in [0.5, 0.6) is 0 Å². The van der Waals surface area contributed by atoms with E-state index in [9.17, 15) is 0 Å². The Labute approximate surface area is 90.5 Å². The molecule has 0 bridgehead atoms. The maximum absolute atomic E-state index is 5.61. The normalized spacial score (nSPS) is 15.4. The van der Waals surface area contributed by atoms with Crippen LogP contribution in [0, 0.1) is 6.92 Å². The number of hydrogen-bond donors (Lipinski definition) is 1. The Morgan fingerprint density at radius 1 is 1.47 bits per heavy atom. The van der Waals surface area contributed by atoms with Crippen molar-refractivity contribution in [2.75, 3.05) is 11.4 Å². The van der Waals surface area contributed by atoms with Gasteiger partial charge in [-0.05, 0) is 32.8 Å². The van der Waals surface area contributed by atoms with Gasteiger partial charge in [0.2, 0.25) is 5.95 Å². The highest BCUT2D eigenvalue weighted by Gasteiger charge is 2.29. The molecule has 0 unspecified atom stereocenters. The van der Waals surface area contributed by atoms with Gasteiger partial charge in [-0.3, -0.25) is 0 Å². The second-order valence-electron chi connectivity index (χ2n) is 4.02. The van der Waals surface area contributed by atoms with E-state index < -0.39 is 0 Å². The third-order valence-corrected chi connectivity index (χ3v) is 2.69. The first-order valence-corrected chi connectivity index (χ1v) is 5.56. The Morgan fingerprint density at radius 3 is 2.73 bits per heavy atom. The van der Waals surface area contributed by atoms with Gasteiger partial charge in [-0.25, -0.2) is 9.97 Å². The molecule has 1 fully saturated rings. The number of rotatable bonds is 4. The van der Waals surface area contributed by atoms with E-state index >= 15 is 0 Å². The molecule has 0 aromatic carbocycles. The maximum atomic E-state index is 5.61. The van der Waals surface area contributed by atoms with E-state index in [1.165, 1.54) is 12.8 Å². The first kappa shape index (κ1) is 10.4. The van der Waals surface area contributed by atoms with Crippen LogP contribution in [0.3, 0.4) is 0 Å². The third kappa shape index (κ3) is 2.26. The maximum Gasteiger partial charge on any atom is 0.226 e. The zero-order valence-corrected chi connectivity index (χ0v) is 9.40. The molecule has 1 aliphatic carbocycles. The Morgan fingerprint density at radius 2 is 2.20 bits per heavy atom. The van der Waals surface area contributed by atoms with Crippen molar-refractivity contribution in [3.05, 3.63) is 17.5 Å². The number of nitrogens with zero attached hydrogens (tertiary/aromatic N) is 3. The lowest BCUT2D eigenvalue weighted by Crippen LogP contribution is -2.27. The van der Waals surface area contributed by atoms with E-state index in [0.717, 1.165) is 23.9 Å². The largest absolute Gasteiger partial charge is 0.338 e. The van der Waals surface area contributed by atoms with Gasteiger partial charge in [0.05, 0.1) is 5.69 Å². The second-order valence-corrected chi connectivity index (χ2v) is 4.02. The van der Waals surface area contributed by atoms with Crippen LogP contribution in [0.2, 0.25) is 0 Å². The van der Waals surface area contributed by atoms with Crippen molar-refractivity contribution in [2.45, 2.75) is 39.3 Å². The van der Waals surface area contributed by atoms with Gasteiger partial charge in [-0.2, -0.15) is 0 Å². The molecule has 0 radical (unpaired) electrons. The molecule has 1 aromatic rings. The van der Waals surface area contributed by atoms with Crippen molar-refractivity contribution in [2.24, 2.45) is 5.73 Å². The predicted molar refractivity (Wildman–Crippen MR) is 60.7 cm³/mol. The van der Waals surface area contributed by atoms with Gasteiger partial charge in [-0.15, -0.1) is 0 Å². The van der Waals surface area contributed by atoms with Crippen LogP contribution in [0.15, 0.2) is 6.07 Å². The smallest absolute Gasteiger partial charge is 0.226 e. The van der Waals surface area contributed by atoms with E-state index in [1.807, 2.05) is 13.0 Å². The average Bonchev–Trinajstić information content (AvgIpc) is 3.02.